The zero-order valence-corrected chi connectivity index (χ0v) is 25.9. The van der Waals surface area contributed by atoms with Gasteiger partial charge in [-0.15, -0.1) is 0 Å². The molecule has 0 bridgehead atoms. The zero-order valence-electron chi connectivity index (χ0n) is 25.9. The molecule has 0 saturated carbocycles. The number of hydrogen-bond acceptors (Lipinski definition) is 2. The second kappa shape index (κ2) is 10.1. The van der Waals surface area contributed by atoms with Crippen LogP contribution in [0.3, 0.4) is 0 Å². The van der Waals surface area contributed by atoms with Crippen molar-refractivity contribution in [2.75, 3.05) is 0 Å². The fourth-order valence-electron chi connectivity index (χ4n) is 8.18. The molecule has 47 heavy (non-hydrogen) atoms. The first-order valence-corrected chi connectivity index (χ1v) is 16.7. The van der Waals surface area contributed by atoms with Gasteiger partial charge in [0, 0.05) is 43.9 Å². The number of rotatable bonds is 3. The van der Waals surface area contributed by atoms with Crippen molar-refractivity contribution >= 4 is 77.7 Å². The van der Waals surface area contributed by atoms with E-state index >= 15 is 0 Å². The summed E-state index contributed by atoms with van der Waals surface area (Å²) >= 11 is 0. The minimum Gasteiger partial charge on any atom is -0.454 e. The Morgan fingerprint density at radius 1 is 0.723 bits per heavy atom. The zero-order chi connectivity index (χ0) is 31.1. The van der Waals surface area contributed by atoms with Crippen LogP contribution in [0.25, 0.3) is 77.7 Å². The third kappa shape index (κ3) is 3.81. The van der Waals surface area contributed by atoms with Crippen molar-refractivity contribution in [1.82, 2.24) is 9.13 Å². The second-order valence-corrected chi connectivity index (χ2v) is 12.9. The minimum absolute atomic E-state index is 0.171. The molecule has 0 aliphatic heterocycles. The molecule has 10 rings (SSSR count). The van der Waals surface area contributed by atoms with Crippen molar-refractivity contribution in [2.45, 2.75) is 32.1 Å². The van der Waals surface area contributed by atoms with E-state index < -0.39 is 0 Å². The number of para-hydroxylation sites is 2. The van der Waals surface area contributed by atoms with Gasteiger partial charge in [0.05, 0.1) is 34.2 Å². The van der Waals surface area contributed by atoms with Gasteiger partial charge in [-0.3, -0.25) is 0 Å². The van der Waals surface area contributed by atoms with Crippen LogP contribution in [0.5, 0.6) is 0 Å². The number of benzene rings is 4. The number of fused-ring (bicyclic) bond motifs is 10. The highest BCUT2D eigenvalue weighted by Gasteiger charge is 2.26. The van der Waals surface area contributed by atoms with Gasteiger partial charge in [0.15, 0.2) is 5.58 Å². The summed E-state index contributed by atoms with van der Waals surface area (Å²) in [5.74, 6) is -0.171. The summed E-state index contributed by atoms with van der Waals surface area (Å²) in [5, 5.41) is 16.0. The molecule has 3 aromatic heterocycles. The number of aryl methyl sites for hydroxylation is 1. The molecule has 3 aliphatic carbocycles. The first kappa shape index (κ1) is 26.4. The molecule has 0 radical (unpaired) electrons. The highest BCUT2D eigenvalue weighted by atomic mass is 16.3. The molecular weight excluding hydrogens is 574 g/mol. The van der Waals surface area contributed by atoms with Gasteiger partial charge in [-0.1, -0.05) is 72.8 Å². The van der Waals surface area contributed by atoms with E-state index in [-0.39, 0.29) is 5.92 Å². The summed E-state index contributed by atoms with van der Waals surface area (Å²) in [7, 11) is 0. The Hall–Kier alpha value is -5.79. The van der Waals surface area contributed by atoms with Gasteiger partial charge in [0.2, 0.25) is 0 Å². The molecule has 0 saturated heterocycles. The Morgan fingerprint density at radius 3 is 2.38 bits per heavy atom. The van der Waals surface area contributed by atoms with Crippen LogP contribution >= 0.6 is 0 Å². The molecule has 4 heteroatoms. The van der Waals surface area contributed by atoms with Crippen LogP contribution < -0.4 is 0 Å². The Bertz CT molecular complexity index is 2670. The van der Waals surface area contributed by atoms with Crippen molar-refractivity contribution in [3.05, 3.63) is 132 Å². The van der Waals surface area contributed by atoms with E-state index in [9.17, 15) is 5.26 Å². The van der Waals surface area contributed by atoms with Gasteiger partial charge in [-0.05, 0) is 91.8 Å². The molecule has 3 aliphatic rings. The molecule has 7 aromatic rings. The average Bonchev–Trinajstić information content (AvgIpc) is 3.79. The third-order valence-electron chi connectivity index (χ3n) is 10.3. The maximum atomic E-state index is 10.0. The lowest BCUT2D eigenvalue weighted by Gasteiger charge is -2.23. The third-order valence-corrected chi connectivity index (χ3v) is 10.3. The van der Waals surface area contributed by atoms with Crippen LogP contribution in [0.4, 0.5) is 0 Å². The molecule has 0 N–H and O–H groups in total. The fourth-order valence-corrected chi connectivity index (χ4v) is 8.18. The molecule has 1 atom stereocenters. The van der Waals surface area contributed by atoms with Crippen LogP contribution in [0.1, 0.15) is 42.5 Å². The quantitative estimate of drug-likeness (QED) is 0.201. The highest BCUT2D eigenvalue weighted by molar-refractivity contribution is 6.22. The van der Waals surface area contributed by atoms with Crippen molar-refractivity contribution in [3.63, 3.8) is 0 Å². The van der Waals surface area contributed by atoms with Crippen LogP contribution in [0, 0.1) is 17.2 Å². The van der Waals surface area contributed by atoms with E-state index in [2.05, 4.69) is 137 Å². The number of aromatic nitrogens is 2. The second-order valence-electron chi connectivity index (χ2n) is 12.9. The first-order chi connectivity index (χ1) is 23.3. The summed E-state index contributed by atoms with van der Waals surface area (Å²) in [6, 6.07) is 31.0. The van der Waals surface area contributed by atoms with Crippen molar-refractivity contribution in [3.8, 4) is 6.07 Å². The number of allylic oxidation sites excluding steroid dienone is 9. The predicted octanol–water partition coefficient (Wildman–Crippen LogP) is 11.3. The Labute approximate surface area is 272 Å². The van der Waals surface area contributed by atoms with E-state index in [0.29, 0.717) is 6.42 Å². The van der Waals surface area contributed by atoms with Gasteiger partial charge in [0.25, 0.3) is 0 Å². The van der Waals surface area contributed by atoms with E-state index in [0.717, 1.165) is 70.0 Å². The van der Waals surface area contributed by atoms with Crippen LogP contribution in [0.2, 0.25) is 0 Å². The Kier molecular flexibility index (Phi) is 5.68. The normalized spacial score (nSPS) is 17.8. The number of furan rings is 1. The fraction of sp³-hybridized carbons (Fsp3) is 0.140. The van der Waals surface area contributed by atoms with Crippen molar-refractivity contribution in [2.24, 2.45) is 5.92 Å². The topological polar surface area (TPSA) is 46.8 Å². The number of nitriles is 1. The summed E-state index contributed by atoms with van der Waals surface area (Å²) in [4.78, 5) is 0. The molecular formula is C43H31N3O. The van der Waals surface area contributed by atoms with Crippen LogP contribution in [-0.2, 0) is 6.42 Å². The molecule has 4 nitrogen and oxygen atoms in total. The van der Waals surface area contributed by atoms with Gasteiger partial charge in [0.1, 0.15) is 5.58 Å². The molecule has 224 valence electrons. The maximum Gasteiger partial charge on any atom is 0.160 e. The van der Waals surface area contributed by atoms with Gasteiger partial charge < -0.3 is 13.6 Å². The minimum atomic E-state index is -0.171. The summed E-state index contributed by atoms with van der Waals surface area (Å²) < 4.78 is 11.5. The van der Waals surface area contributed by atoms with E-state index in [1.807, 2.05) is 0 Å². The van der Waals surface area contributed by atoms with E-state index in [1.54, 1.807) is 0 Å². The van der Waals surface area contributed by atoms with E-state index in [1.165, 1.54) is 44.1 Å². The van der Waals surface area contributed by atoms with Gasteiger partial charge in [-0.2, -0.15) is 5.26 Å². The lowest BCUT2D eigenvalue weighted by Crippen LogP contribution is -2.10. The smallest absolute Gasteiger partial charge is 0.160 e. The predicted molar refractivity (Wildman–Crippen MR) is 195 cm³/mol. The van der Waals surface area contributed by atoms with Crippen molar-refractivity contribution in [1.29, 1.82) is 5.26 Å². The average molecular weight is 606 g/mol. The number of hydrogen-bond donors (Lipinski definition) is 0. The molecule has 1 unspecified atom stereocenters. The monoisotopic (exact) mass is 605 g/mol. The maximum absolute atomic E-state index is 10.0. The Balaban J connectivity index is 1.20. The molecule has 4 aromatic carbocycles. The lowest BCUT2D eigenvalue weighted by molar-refractivity contribution is 0.671. The number of nitrogens with zero attached hydrogens (tertiary/aromatic N) is 3. The van der Waals surface area contributed by atoms with Crippen LogP contribution in [-0.4, -0.2) is 9.13 Å². The van der Waals surface area contributed by atoms with Gasteiger partial charge >= 0.3 is 0 Å². The largest absolute Gasteiger partial charge is 0.454 e. The van der Waals surface area contributed by atoms with Crippen LogP contribution in [0.15, 0.2) is 120 Å². The van der Waals surface area contributed by atoms with Crippen molar-refractivity contribution < 1.29 is 4.42 Å². The molecule has 0 amide bonds. The highest BCUT2D eigenvalue weighted by Crippen LogP contribution is 2.44. The first-order valence-electron chi connectivity index (χ1n) is 16.7. The molecule has 3 heterocycles. The van der Waals surface area contributed by atoms with Gasteiger partial charge in [-0.25, -0.2) is 0 Å². The summed E-state index contributed by atoms with van der Waals surface area (Å²) in [6.07, 6.45) is 20.7. The molecule has 0 fully saturated rings. The Morgan fingerprint density at radius 2 is 1.53 bits per heavy atom. The standard InChI is InChI=1S/C43H31N3O/c44-26-27-18-20-30(40(24-27)46-38-16-8-4-12-31(38)32-13-5-9-17-39(32)46)28-19-23-41-36(25-28)35-22-21-34-33-14-6-7-15-37(33)45(42(34)43(35)47-41)29-10-2-1-3-11-29/h2,4,6-12,14-17,19-25,27H,1,3,5,13,18H2. The van der Waals surface area contributed by atoms with E-state index in [4.69, 9.17) is 4.42 Å². The SMILES string of the molecule is N#CC1C=C(n2c3c(c4ccccc42)CCC=C3)C(c2ccc3oc4c(ccc5c6ccccc6n(C6=CCCC=C6)c54)c3c2)=CC1. The summed E-state index contributed by atoms with van der Waals surface area (Å²) in [5.41, 5.74) is 12.5. The molecule has 0 spiro atoms. The lowest BCUT2D eigenvalue weighted by atomic mass is 9.90. The summed E-state index contributed by atoms with van der Waals surface area (Å²) in [6.45, 7) is 0.